The van der Waals surface area contributed by atoms with Gasteiger partial charge in [0, 0.05) is 20.3 Å². The molecule has 0 saturated carbocycles. The van der Waals surface area contributed by atoms with Crippen molar-refractivity contribution in [2.24, 2.45) is 5.92 Å². The van der Waals surface area contributed by atoms with Gasteiger partial charge in [-0.15, -0.1) is 0 Å². The summed E-state index contributed by atoms with van der Waals surface area (Å²) in [6, 6.07) is 1.73. The Hall–Kier alpha value is -1.30. The summed E-state index contributed by atoms with van der Waals surface area (Å²) in [5.41, 5.74) is 0. The number of anilines is 1. The lowest BCUT2D eigenvalue weighted by Crippen LogP contribution is -2.22. The molecule has 6 heteroatoms. The molecule has 0 aromatic carbocycles. The number of rotatable bonds is 5. The van der Waals surface area contributed by atoms with E-state index in [1.54, 1.807) is 17.2 Å². The van der Waals surface area contributed by atoms with Crippen molar-refractivity contribution in [2.45, 2.75) is 24.1 Å². The molecular formula is C11H17N3O2S. The molecule has 0 aliphatic heterocycles. The number of carboxylic acid groups (broad SMARTS) is 1. The number of carbonyl (C=O) groups is 1. The van der Waals surface area contributed by atoms with Gasteiger partial charge < -0.3 is 10.0 Å². The van der Waals surface area contributed by atoms with Crippen LogP contribution in [0.2, 0.25) is 0 Å². The van der Waals surface area contributed by atoms with Crippen LogP contribution in [0.3, 0.4) is 0 Å². The van der Waals surface area contributed by atoms with Crippen molar-refractivity contribution in [1.82, 2.24) is 9.97 Å². The zero-order valence-corrected chi connectivity index (χ0v) is 11.2. The van der Waals surface area contributed by atoms with Crippen molar-refractivity contribution in [3.8, 4) is 0 Å². The Bertz CT molecular complexity index is 396. The van der Waals surface area contributed by atoms with Crippen LogP contribution in [0, 0.1) is 5.92 Å². The predicted octanol–water partition coefficient (Wildman–Crippen LogP) is 1.74. The molecular weight excluding hydrogens is 238 g/mol. The first-order chi connectivity index (χ1) is 7.91. The van der Waals surface area contributed by atoms with Crippen LogP contribution in [0.4, 0.5) is 5.95 Å². The number of hydrogen-bond donors (Lipinski definition) is 1. The van der Waals surface area contributed by atoms with Gasteiger partial charge in [-0.05, 0) is 12.0 Å². The minimum absolute atomic E-state index is 0.0512. The van der Waals surface area contributed by atoms with Crippen LogP contribution in [-0.4, -0.2) is 40.4 Å². The summed E-state index contributed by atoms with van der Waals surface area (Å²) < 4.78 is 0. The van der Waals surface area contributed by atoms with Crippen LogP contribution < -0.4 is 4.90 Å². The molecule has 0 radical (unpaired) electrons. The highest BCUT2D eigenvalue weighted by atomic mass is 32.2. The van der Waals surface area contributed by atoms with E-state index in [1.165, 1.54) is 11.8 Å². The first kappa shape index (κ1) is 13.8. The molecule has 17 heavy (non-hydrogen) atoms. The summed E-state index contributed by atoms with van der Waals surface area (Å²) >= 11 is 1.26. The molecule has 94 valence electrons. The molecule has 1 aromatic heterocycles. The van der Waals surface area contributed by atoms with E-state index in [-0.39, 0.29) is 5.92 Å². The van der Waals surface area contributed by atoms with Gasteiger partial charge in [-0.25, -0.2) is 9.97 Å². The average Bonchev–Trinajstić information content (AvgIpc) is 2.25. The van der Waals surface area contributed by atoms with E-state index >= 15 is 0 Å². The van der Waals surface area contributed by atoms with Crippen LogP contribution in [0.25, 0.3) is 0 Å². The van der Waals surface area contributed by atoms with Crippen LogP contribution in [0.1, 0.15) is 13.8 Å². The average molecular weight is 255 g/mol. The summed E-state index contributed by atoms with van der Waals surface area (Å²) in [5, 5.41) is 9.31. The van der Waals surface area contributed by atoms with Gasteiger partial charge in [0.1, 0.15) is 10.3 Å². The monoisotopic (exact) mass is 255 g/mol. The van der Waals surface area contributed by atoms with Gasteiger partial charge in [0.05, 0.1) is 0 Å². The fourth-order valence-electron chi connectivity index (χ4n) is 1.22. The van der Waals surface area contributed by atoms with Gasteiger partial charge in [-0.1, -0.05) is 25.6 Å². The lowest BCUT2D eigenvalue weighted by molar-refractivity contribution is -0.137. The number of nitrogens with zero attached hydrogens (tertiary/aromatic N) is 3. The minimum Gasteiger partial charge on any atom is -0.480 e. The summed E-state index contributed by atoms with van der Waals surface area (Å²) in [6.45, 7) is 3.78. The Morgan fingerprint density at radius 2 is 2.12 bits per heavy atom. The second kappa shape index (κ2) is 5.86. The fourth-order valence-corrected chi connectivity index (χ4v) is 2.12. The molecule has 1 atom stereocenters. The minimum atomic E-state index is -0.810. The van der Waals surface area contributed by atoms with Gasteiger partial charge >= 0.3 is 5.97 Å². The van der Waals surface area contributed by atoms with Crippen molar-refractivity contribution in [1.29, 1.82) is 0 Å². The number of hydrogen-bond acceptors (Lipinski definition) is 5. The van der Waals surface area contributed by atoms with Gasteiger partial charge in [-0.3, -0.25) is 4.79 Å². The highest BCUT2D eigenvalue weighted by Gasteiger charge is 2.23. The van der Waals surface area contributed by atoms with E-state index in [9.17, 15) is 4.79 Å². The van der Waals surface area contributed by atoms with Crippen molar-refractivity contribution >= 4 is 23.7 Å². The van der Waals surface area contributed by atoms with Crippen LogP contribution in [0.15, 0.2) is 17.3 Å². The number of thioether (sulfide) groups is 1. The van der Waals surface area contributed by atoms with Crippen molar-refractivity contribution < 1.29 is 9.90 Å². The Balaban J connectivity index is 2.86. The quantitative estimate of drug-likeness (QED) is 0.638. The van der Waals surface area contributed by atoms with E-state index in [0.717, 1.165) is 0 Å². The lowest BCUT2D eigenvalue weighted by Gasteiger charge is -2.16. The molecule has 1 unspecified atom stereocenters. The highest BCUT2D eigenvalue weighted by Crippen LogP contribution is 2.27. The van der Waals surface area contributed by atoms with Crippen molar-refractivity contribution in [2.75, 3.05) is 19.0 Å². The maximum absolute atomic E-state index is 11.1. The van der Waals surface area contributed by atoms with Gasteiger partial charge in [0.15, 0.2) is 0 Å². The molecule has 0 fully saturated rings. The molecule has 0 aliphatic rings. The molecule has 1 aromatic rings. The molecule has 1 N–H and O–H groups in total. The molecule has 0 amide bonds. The Morgan fingerprint density at radius 3 is 2.59 bits per heavy atom. The second-order valence-electron chi connectivity index (χ2n) is 4.21. The maximum Gasteiger partial charge on any atom is 0.317 e. The Kier molecular flexibility index (Phi) is 4.74. The molecule has 0 spiro atoms. The number of carboxylic acids is 1. The Morgan fingerprint density at radius 1 is 1.47 bits per heavy atom. The van der Waals surface area contributed by atoms with Crippen LogP contribution >= 0.6 is 11.8 Å². The first-order valence-corrected chi connectivity index (χ1v) is 6.19. The summed E-state index contributed by atoms with van der Waals surface area (Å²) in [5.74, 6) is -0.173. The summed E-state index contributed by atoms with van der Waals surface area (Å²) in [6.07, 6.45) is 1.64. The highest BCUT2D eigenvalue weighted by molar-refractivity contribution is 8.00. The fraction of sp³-hybridized carbons (Fsp3) is 0.545. The maximum atomic E-state index is 11.1. The van der Waals surface area contributed by atoms with Gasteiger partial charge in [-0.2, -0.15) is 0 Å². The van der Waals surface area contributed by atoms with E-state index in [1.807, 2.05) is 27.9 Å². The summed E-state index contributed by atoms with van der Waals surface area (Å²) in [4.78, 5) is 21.3. The van der Waals surface area contributed by atoms with E-state index in [0.29, 0.717) is 11.0 Å². The summed E-state index contributed by atoms with van der Waals surface area (Å²) in [7, 11) is 3.70. The third kappa shape index (κ3) is 3.89. The van der Waals surface area contributed by atoms with Crippen LogP contribution in [0.5, 0.6) is 0 Å². The number of aromatic nitrogens is 2. The normalized spacial score (nSPS) is 12.5. The first-order valence-electron chi connectivity index (χ1n) is 5.31. The third-order valence-corrected chi connectivity index (χ3v) is 3.58. The second-order valence-corrected chi connectivity index (χ2v) is 5.37. The smallest absolute Gasteiger partial charge is 0.317 e. The standard InChI is InChI=1S/C11H17N3O2S/c1-7(2)9(10(15)16)17-8-5-6-12-11(13-8)14(3)4/h5-7,9H,1-4H3,(H,15,16). The number of aliphatic carboxylic acids is 1. The van der Waals surface area contributed by atoms with E-state index < -0.39 is 11.2 Å². The Labute approximate surface area is 105 Å². The largest absolute Gasteiger partial charge is 0.480 e. The molecule has 1 rings (SSSR count). The zero-order chi connectivity index (χ0) is 13.0. The predicted molar refractivity (Wildman–Crippen MR) is 68.5 cm³/mol. The van der Waals surface area contributed by atoms with Crippen LogP contribution in [-0.2, 0) is 4.79 Å². The molecule has 5 nitrogen and oxygen atoms in total. The van der Waals surface area contributed by atoms with Crippen molar-refractivity contribution in [3.05, 3.63) is 12.3 Å². The lowest BCUT2D eigenvalue weighted by atomic mass is 10.1. The third-order valence-electron chi connectivity index (χ3n) is 2.11. The van der Waals surface area contributed by atoms with Gasteiger partial charge in [0.25, 0.3) is 0 Å². The SMILES string of the molecule is CC(C)C(Sc1ccnc(N(C)C)n1)C(=O)O. The van der Waals surface area contributed by atoms with Crippen molar-refractivity contribution in [3.63, 3.8) is 0 Å². The molecule has 0 aliphatic carbocycles. The molecule has 1 heterocycles. The van der Waals surface area contributed by atoms with E-state index in [4.69, 9.17) is 5.11 Å². The molecule has 0 bridgehead atoms. The topological polar surface area (TPSA) is 66.3 Å². The molecule has 0 saturated heterocycles. The van der Waals surface area contributed by atoms with Gasteiger partial charge in [0.2, 0.25) is 5.95 Å². The zero-order valence-electron chi connectivity index (χ0n) is 10.4. The van der Waals surface area contributed by atoms with E-state index in [2.05, 4.69) is 9.97 Å².